The monoisotopic (exact) mass is 263 g/mol. The van der Waals surface area contributed by atoms with Gasteiger partial charge in [0.2, 0.25) is 0 Å². The molecule has 1 fully saturated rings. The summed E-state index contributed by atoms with van der Waals surface area (Å²) in [5.41, 5.74) is 9.79. The van der Waals surface area contributed by atoms with Gasteiger partial charge in [-0.15, -0.1) is 0 Å². The molecule has 2 atom stereocenters. The van der Waals surface area contributed by atoms with E-state index in [-0.39, 0.29) is 0 Å². The highest BCUT2D eigenvalue weighted by Crippen LogP contribution is 2.34. The Morgan fingerprint density at radius 1 is 1.33 bits per heavy atom. The fourth-order valence-electron chi connectivity index (χ4n) is 2.78. The van der Waals surface area contributed by atoms with Gasteiger partial charge in [0.15, 0.2) is 0 Å². The summed E-state index contributed by atoms with van der Waals surface area (Å²) in [5.74, 6) is 2.09. The molecule has 0 heterocycles. The lowest BCUT2D eigenvalue weighted by molar-refractivity contribution is 0.394. The van der Waals surface area contributed by atoms with Crippen LogP contribution in [-0.4, -0.2) is 5.25 Å². The number of hydrogen-bond donors (Lipinski definition) is 1. The largest absolute Gasteiger partial charge is 0.326 e. The summed E-state index contributed by atoms with van der Waals surface area (Å²) < 4.78 is 0. The van der Waals surface area contributed by atoms with Crippen LogP contribution in [0, 0.1) is 12.8 Å². The highest BCUT2D eigenvalue weighted by Gasteiger charge is 2.19. The second-order valence-electron chi connectivity index (χ2n) is 5.67. The third-order valence-corrected chi connectivity index (χ3v) is 5.38. The van der Waals surface area contributed by atoms with Crippen LogP contribution in [0.2, 0.25) is 0 Å². The molecular formula is C16H25NS. The van der Waals surface area contributed by atoms with Crippen LogP contribution in [0.5, 0.6) is 0 Å². The van der Waals surface area contributed by atoms with E-state index in [0.29, 0.717) is 6.54 Å². The molecule has 0 aromatic heterocycles. The summed E-state index contributed by atoms with van der Waals surface area (Å²) >= 11 is 2.15. The Labute approximate surface area is 116 Å². The van der Waals surface area contributed by atoms with Crippen molar-refractivity contribution in [1.82, 2.24) is 0 Å². The van der Waals surface area contributed by atoms with Crippen molar-refractivity contribution in [2.45, 2.75) is 57.1 Å². The number of thioether (sulfide) groups is 1. The van der Waals surface area contributed by atoms with Crippen LogP contribution in [0.3, 0.4) is 0 Å². The number of nitrogens with two attached hydrogens (primary N) is 1. The molecule has 1 aliphatic rings. The normalized spacial score (nSPS) is 24.2. The van der Waals surface area contributed by atoms with Gasteiger partial charge in [-0.2, -0.15) is 11.8 Å². The third-order valence-electron chi connectivity index (χ3n) is 4.01. The van der Waals surface area contributed by atoms with Gasteiger partial charge in [-0.05, 0) is 42.4 Å². The van der Waals surface area contributed by atoms with Crippen molar-refractivity contribution in [2.24, 2.45) is 11.7 Å². The van der Waals surface area contributed by atoms with Crippen LogP contribution in [0.1, 0.15) is 49.3 Å². The molecule has 2 N–H and O–H groups in total. The Kier molecular flexibility index (Phi) is 5.13. The Bertz CT molecular complexity index is 389. The summed E-state index contributed by atoms with van der Waals surface area (Å²) in [6.07, 6.45) is 5.67. The number of hydrogen-bond acceptors (Lipinski definition) is 2. The van der Waals surface area contributed by atoms with Crippen LogP contribution in [0.25, 0.3) is 0 Å². The quantitative estimate of drug-likeness (QED) is 0.878. The predicted octanol–water partition coefficient (Wildman–Crippen LogP) is 4.27. The molecule has 100 valence electrons. The Balaban J connectivity index is 1.89. The minimum atomic E-state index is 0.647. The maximum absolute atomic E-state index is 5.67. The van der Waals surface area contributed by atoms with Crippen molar-refractivity contribution < 1.29 is 0 Å². The highest BCUT2D eigenvalue weighted by molar-refractivity contribution is 7.99. The maximum Gasteiger partial charge on any atom is 0.0189 e. The summed E-state index contributed by atoms with van der Waals surface area (Å²) in [6.45, 7) is 5.25. The van der Waals surface area contributed by atoms with Gasteiger partial charge in [-0.3, -0.25) is 0 Å². The number of aryl methyl sites for hydroxylation is 1. The van der Waals surface area contributed by atoms with E-state index in [1.54, 1.807) is 0 Å². The molecule has 0 radical (unpaired) electrons. The lowest BCUT2D eigenvalue weighted by Gasteiger charge is -2.26. The van der Waals surface area contributed by atoms with Crippen LogP contribution in [0.15, 0.2) is 18.2 Å². The molecule has 1 aromatic carbocycles. The van der Waals surface area contributed by atoms with Gasteiger partial charge in [0, 0.05) is 17.5 Å². The van der Waals surface area contributed by atoms with E-state index in [1.807, 2.05) is 0 Å². The summed E-state index contributed by atoms with van der Waals surface area (Å²) in [6, 6.07) is 6.67. The maximum atomic E-state index is 5.67. The van der Waals surface area contributed by atoms with Crippen molar-refractivity contribution in [1.29, 1.82) is 0 Å². The summed E-state index contributed by atoms with van der Waals surface area (Å²) in [5, 5.41) is 0.877. The Morgan fingerprint density at radius 2 is 2.17 bits per heavy atom. The molecule has 1 aromatic rings. The van der Waals surface area contributed by atoms with E-state index in [1.165, 1.54) is 42.4 Å². The molecular weight excluding hydrogens is 238 g/mol. The first-order chi connectivity index (χ1) is 8.69. The van der Waals surface area contributed by atoms with Crippen molar-refractivity contribution >= 4 is 11.8 Å². The van der Waals surface area contributed by atoms with Gasteiger partial charge >= 0.3 is 0 Å². The Morgan fingerprint density at radius 3 is 2.83 bits per heavy atom. The lowest BCUT2D eigenvalue weighted by atomic mass is 9.91. The van der Waals surface area contributed by atoms with E-state index in [9.17, 15) is 0 Å². The molecule has 0 aliphatic heterocycles. The van der Waals surface area contributed by atoms with E-state index in [4.69, 9.17) is 5.73 Å². The van der Waals surface area contributed by atoms with Crippen molar-refractivity contribution in [3.05, 3.63) is 34.9 Å². The molecule has 0 amide bonds. The van der Waals surface area contributed by atoms with E-state index in [0.717, 1.165) is 16.9 Å². The Hall–Kier alpha value is -0.470. The fourth-order valence-corrected chi connectivity index (χ4v) is 4.32. The lowest BCUT2D eigenvalue weighted by Crippen LogP contribution is -2.15. The first kappa shape index (κ1) is 14.0. The molecule has 2 unspecified atom stereocenters. The SMILES string of the molecule is Cc1cc(CN)ccc1CSC1CCCC(C)C1. The van der Waals surface area contributed by atoms with Gasteiger partial charge in [0.25, 0.3) is 0 Å². The van der Waals surface area contributed by atoms with Crippen molar-refractivity contribution in [3.8, 4) is 0 Å². The molecule has 0 bridgehead atoms. The predicted molar refractivity (Wildman–Crippen MR) is 81.8 cm³/mol. The second-order valence-corrected chi connectivity index (χ2v) is 6.96. The van der Waals surface area contributed by atoms with Crippen LogP contribution in [0.4, 0.5) is 0 Å². The van der Waals surface area contributed by atoms with Crippen molar-refractivity contribution in [3.63, 3.8) is 0 Å². The zero-order valence-electron chi connectivity index (χ0n) is 11.6. The average Bonchev–Trinajstić information content (AvgIpc) is 2.37. The first-order valence-corrected chi connectivity index (χ1v) is 8.14. The van der Waals surface area contributed by atoms with Gasteiger partial charge < -0.3 is 5.73 Å². The van der Waals surface area contributed by atoms with Gasteiger partial charge in [-0.1, -0.05) is 38.0 Å². The minimum absolute atomic E-state index is 0.647. The molecule has 2 rings (SSSR count). The van der Waals surface area contributed by atoms with Crippen molar-refractivity contribution in [2.75, 3.05) is 0 Å². The molecule has 1 aliphatic carbocycles. The molecule has 18 heavy (non-hydrogen) atoms. The van der Waals surface area contributed by atoms with E-state index >= 15 is 0 Å². The molecule has 1 saturated carbocycles. The van der Waals surface area contributed by atoms with Crippen LogP contribution in [-0.2, 0) is 12.3 Å². The van der Waals surface area contributed by atoms with Crippen LogP contribution >= 0.6 is 11.8 Å². The smallest absolute Gasteiger partial charge is 0.0189 e. The topological polar surface area (TPSA) is 26.0 Å². The minimum Gasteiger partial charge on any atom is -0.326 e. The average molecular weight is 263 g/mol. The zero-order chi connectivity index (χ0) is 13.0. The highest BCUT2D eigenvalue weighted by atomic mass is 32.2. The summed E-state index contributed by atoms with van der Waals surface area (Å²) in [7, 11) is 0. The number of benzene rings is 1. The number of rotatable bonds is 4. The molecule has 2 heteroatoms. The van der Waals surface area contributed by atoms with Gasteiger partial charge in [-0.25, -0.2) is 0 Å². The third kappa shape index (κ3) is 3.76. The zero-order valence-corrected chi connectivity index (χ0v) is 12.4. The summed E-state index contributed by atoms with van der Waals surface area (Å²) in [4.78, 5) is 0. The van der Waals surface area contributed by atoms with Gasteiger partial charge in [0.1, 0.15) is 0 Å². The second kappa shape index (κ2) is 6.63. The van der Waals surface area contributed by atoms with E-state index in [2.05, 4.69) is 43.8 Å². The van der Waals surface area contributed by atoms with Crippen LogP contribution < -0.4 is 5.73 Å². The molecule has 0 spiro atoms. The van der Waals surface area contributed by atoms with Gasteiger partial charge in [0.05, 0.1) is 0 Å². The fraction of sp³-hybridized carbons (Fsp3) is 0.625. The molecule has 0 saturated heterocycles. The first-order valence-electron chi connectivity index (χ1n) is 7.09. The standard InChI is InChI=1S/C16H25NS/c1-12-4-3-5-16(8-12)18-11-15-7-6-14(10-17)9-13(15)2/h6-7,9,12,16H,3-5,8,10-11,17H2,1-2H3. The van der Waals surface area contributed by atoms with E-state index < -0.39 is 0 Å². The molecule has 1 nitrogen and oxygen atoms in total.